The van der Waals surface area contributed by atoms with Gasteiger partial charge in [-0.1, -0.05) is 0 Å². The van der Waals surface area contributed by atoms with Crippen molar-refractivity contribution in [3.8, 4) is 10.8 Å². The quantitative estimate of drug-likeness (QED) is 0.888. The first-order chi connectivity index (χ1) is 8.26. The van der Waals surface area contributed by atoms with Crippen LogP contribution in [0.3, 0.4) is 0 Å². The van der Waals surface area contributed by atoms with E-state index in [2.05, 4.69) is 10.3 Å². The highest BCUT2D eigenvalue weighted by molar-refractivity contribution is 7.15. The molecular formula is C12H16N2O2S. The predicted octanol–water partition coefficient (Wildman–Crippen LogP) is 2.58. The van der Waals surface area contributed by atoms with E-state index in [9.17, 15) is 0 Å². The van der Waals surface area contributed by atoms with Crippen molar-refractivity contribution >= 4 is 11.3 Å². The lowest BCUT2D eigenvalue weighted by Gasteiger charge is -1.98. The smallest absolute Gasteiger partial charge is 0.165 e. The minimum absolute atomic E-state index is 0.535. The molecule has 0 atom stereocenters. The summed E-state index contributed by atoms with van der Waals surface area (Å²) in [7, 11) is 3.61. The molecule has 2 rings (SSSR count). The molecule has 0 fully saturated rings. The molecule has 0 aromatic carbocycles. The maximum Gasteiger partial charge on any atom is 0.165 e. The fourth-order valence-corrected chi connectivity index (χ4v) is 2.75. The molecule has 0 unspecified atom stereocenters. The van der Waals surface area contributed by atoms with E-state index in [4.69, 9.17) is 9.15 Å². The molecule has 0 aliphatic carbocycles. The Morgan fingerprint density at radius 1 is 1.53 bits per heavy atom. The SMILES string of the molecule is CNCc1sc(-c2occc2C)nc1COC. The van der Waals surface area contributed by atoms with Crippen molar-refractivity contribution in [2.75, 3.05) is 14.2 Å². The van der Waals surface area contributed by atoms with E-state index in [0.717, 1.165) is 28.6 Å². The highest BCUT2D eigenvalue weighted by atomic mass is 32.1. The number of furan rings is 1. The third-order valence-electron chi connectivity index (χ3n) is 2.45. The topological polar surface area (TPSA) is 47.3 Å². The molecule has 0 radical (unpaired) electrons. The Kier molecular flexibility index (Phi) is 3.93. The van der Waals surface area contributed by atoms with Crippen LogP contribution < -0.4 is 5.32 Å². The summed E-state index contributed by atoms with van der Waals surface area (Å²) in [5, 5.41) is 4.06. The van der Waals surface area contributed by atoms with Crippen LogP contribution in [0.15, 0.2) is 16.7 Å². The van der Waals surface area contributed by atoms with Gasteiger partial charge in [0, 0.05) is 18.5 Å². The van der Waals surface area contributed by atoms with E-state index >= 15 is 0 Å². The summed E-state index contributed by atoms with van der Waals surface area (Å²) in [6.45, 7) is 3.36. The molecule has 5 heteroatoms. The zero-order chi connectivity index (χ0) is 12.3. The van der Waals surface area contributed by atoms with Crippen LogP contribution in [0.2, 0.25) is 0 Å². The largest absolute Gasteiger partial charge is 0.462 e. The Morgan fingerprint density at radius 2 is 2.35 bits per heavy atom. The minimum atomic E-state index is 0.535. The van der Waals surface area contributed by atoms with E-state index in [1.807, 2.05) is 20.0 Å². The number of aryl methyl sites for hydroxylation is 1. The lowest BCUT2D eigenvalue weighted by atomic mass is 10.3. The molecule has 0 saturated carbocycles. The molecule has 0 bridgehead atoms. The van der Waals surface area contributed by atoms with E-state index in [0.29, 0.717) is 6.61 Å². The number of rotatable bonds is 5. The highest BCUT2D eigenvalue weighted by Gasteiger charge is 2.15. The second-order valence-corrected chi connectivity index (χ2v) is 4.87. The summed E-state index contributed by atoms with van der Waals surface area (Å²) in [5.41, 5.74) is 2.09. The van der Waals surface area contributed by atoms with E-state index in [-0.39, 0.29) is 0 Å². The molecule has 0 aliphatic heterocycles. The van der Waals surface area contributed by atoms with Crippen molar-refractivity contribution in [2.45, 2.75) is 20.1 Å². The van der Waals surface area contributed by atoms with E-state index < -0.39 is 0 Å². The Labute approximate surface area is 105 Å². The average molecular weight is 252 g/mol. The van der Waals surface area contributed by atoms with Gasteiger partial charge in [-0.25, -0.2) is 4.98 Å². The number of hydrogen-bond donors (Lipinski definition) is 1. The molecular weight excluding hydrogens is 236 g/mol. The van der Waals surface area contributed by atoms with Gasteiger partial charge in [-0.05, 0) is 25.6 Å². The maximum absolute atomic E-state index is 5.46. The number of nitrogens with one attached hydrogen (secondary N) is 1. The van der Waals surface area contributed by atoms with Crippen LogP contribution in [-0.2, 0) is 17.9 Å². The average Bonchev–Trinajstić information content (AvgIpc) is 2.87. The zero-order valence-electron chi connectivity index (χ0n) is 10.2. The van der Waals surface area contributed by atoms with Gasteiger partial charge in [0.2, 0.25) is 0 Å². The van der Waals surface area contributed by atoms with Gasteiger partial charge in [-0.3, -0.25) is 0 Å². The van der Waals surface area contributed by atoms with Crippen LogP contribution >= 0.6 is 11.3 Å². The minimum Gasteiger partial charge on any atom is -0.462 e. The van der Waals surface area contributed by atoms with Crippen molar-refractivity contribution in [1.29, 1.82) is 0 Å². The molecule has 0 spiro atoms. The van der Waals surface area contributed by atoms with Crippen molar-refractivity contribution in [3.63, 3.8) is 0 Å². The molecule has 0 saturated heterocycles. The Balaban J connectivity index is 2.36. The van der Waals surface area contributed by atoms with Gasteiger partial charge in [0.1, 0.15) is 0 Å². The predicted molar refractivity (Wildman–Crippen MR) is 68.0 cm³/mol. The number of nitrogens with zero attached hydrogens (tertiary/aromatic N) is 1. The summed E-state index contributed by atoms with van der Waals surface area (Å²) < 4.78 is 10.6. The van der Waals surface area contributed by atoms with Gasteiger partial charge < -0.3 is 14.5 Å². The Hall–Kier alpha value is -1.17. The van der Waals surface area contributed by atoms with Crippen molar-refractivity contribution in [3.05, 3.63) is 28.5 Å². The summed E-state index contributed by atoms with van der Waals surface area (Å²) in [5.74, 6) is 0.856. The van der Waals surface area contributed by atoms with Crippen molar-refractivity contribution in [2.24, 2.45) is 0 Å². The molecule has 4 nitrogen and oxygen atoms in total. The summed E-state index contributed by atoms with van der Waals surface area (Å²) in [4.78, 5) is 5.78. The zero-order valence-corrected chi connectivity index (χ0v) is 11.1. The molecule has 2 aromatic heterocycles. The second kappa shape index (κ2) is 5.44. The summed E-state index contributed by atoms with van der Waals surface area (Å²) >= 11 is 1.65. The van der Waals surface area contributed by atoms with Gasteiger partial charge in [-0.2, -0.15) is 0 Å². The van der Waals surface area contributed by atoms with Crippen molar-refractivity contribution < 1.29 is 9.15 Å². The first-order valence-corrected chi connectivity index (χ1v) is 6.24. The molecule has 2 heterocycles. The Morgan fingerprint density at radius 3 is 2.94 bits per heavy atom. The van der Waals surface area contributed by atoms with Gasteiger partial charge >= 0.3 is 0 Å². The van der Waals surface area contributed by atoms with E-state index in [1.165, 1.54) is 4.88 Å². The molecule has 1 N–H and O–H groups in total. The number of hydrogen-bond acceptors (Lipinski definition) is 5. The van der Waals surface area contributed by atoms with Gasteiger partial charge in [0.05, 0.1) is 18.6 Å². The molecule has 0 aliphatic rings. The third kappa shape index (κ3) is 2.57. The van der Waals surface area contributed by atoms with Crippen molar-refractivity contribution in [1.82, 2.24) is 10.3 Å². The van der Waals surface area contributed by atoms with E-state index in [1.54, 1.807) is 24.7 Å². The molecule has 17 heavy (non-hydrogen) atoms. The number of methoxy groups -OCH3 is 1. The summed E-state index contributed by atoms with van der Waals surface area (Å²) in [6.07, 6.45) is 1.69. The Bertz CT molecular complexity index is 467. The fourth-order valence-electron chi connectivity index (χ4n) is 1.62. The summed E-state index contributed by atoms with van der Waals surface area (Å²) in [6, 6.07) is 1.95. The fraction of sp³-hybridized carbons (Fsp3) is 0.417. The van der Waals surface area contributed by atoms with Gasteiger partial charge in [0.25, 0.3) is 0 Å². The lowest BCUT2D eigenvalue weighted by molar-refractivity contribution is 0.181. The molecule has 2 aromatic rings. The van der Waals surface area contributed by atoms with Crippen LogP contribution in [0.1, 0.15) is 16.1 Å². The highest BCUT2D eigenvalue weighted by Crippen LogP contribution is 2.31. The van der Waals surface area contributed by atoms with Crippen LogP contribution in [0.4, 0.5) is 0 Å². The molecule has 0 amide bonds. The molecule has 92 valence electrons. The number of ether oxygens (including phenoxy) is 1. The van der Waals surface area contributed by atoms with Crippen LogP contribution in [0.25, 0.3) is 10.8 Å². The van der Waals surface area contributed by atoms with Gasteiger partial charge in [-0.15, -0.1) is 11.3 Å². The first-order valence-electron chi connectivity index (χ1n) is 5.42. The monoisotopic (exact) mass is 252 g/mol. The maximum atomic E-state index is 5.46. The van der Waals surface area contributed by atoms with Crippen LogP contribution in [0, 0.1) is 6.92 Å². The normalized spacial score (nSPS) is 11.0. The second-order valence-electron chi connectivity index (χ2n) is 3.78. The number of thiazole rings is 1. The van der Waals surface area contributed by atoms with Crippen LogP contribution in [-0.4, -0.2) is 19.1 Å². The van der Waals surface area contributed by atoms with Gasteiger partial charge in [0.15, 0.2) is 10.8 Å². The lowest BCUT2D eigenvalue weighted by Crippen LogP contribution is -2.06. The standard InChI is InChI=1S/C12H16N2O2S/c1-8-4-5-16-11(8)12-14-9(7-15-3)10(17-12)6-13-2/h4-5,13H,6-7H2,1-3H3. The number of aromatic nitrogens is 1. The third-order valence-corrected chi connectivity index (χ3v) is 3.55. The van der Waals surface area contributed by atoms with Crippen LogP contribution in [0.5, 0.6) is 0 Å². The first kappa shape index (κ1) is 12.3.